The van der Waals surface area contributed by atoms with Gasteiger partial charge in [-0.25, -0.2) is 4.98 Å². The Kier molecular flexibility index (Phi) is 7.03. The summed E-state index contributed by atoms with van der Waals surface area (Å²) in [7, 11) is 1.24. The molecule has 0 bridgehead atoms. The summed E-state index contributed by atoms with van der Waals surface area (Å²) in [5.74, 6) is -1.05. The van der Waals surface area contributed by atoms with Gasteiger partial charge in [0.1, 0.15) is 12.1 Å². The second-order valence-corrected chi connectivity index (χ2v) is 8.41. The second-order valence-electron chi connectivity index (χ2n) is 7.10. The van der Waals surface area contributed by atoms with Gasteiger partial charge in [0.2, 0.25) is 5.91 Å². The van der Waals surface area contributed by atoms with Crippen LogP contribution in [0.2, 0.25) is 0 Å². The smallest absolute Gasteiger partial charge is 0.325 e. The fourth-order valence-electron chi connectivity index (χ4n) is 2.44. The number of benzene rings is 1. The summed E-state index contributed by atoms with van der Waals surface area (Å²) in [4.78, 5) is 41.8. The Hall–Kier alpha value is -2.86. The fraction of sp³-hybridized carbons (Fsp3) is 0.450. The number of fused-ring (bicyclic) bond motifs is 1. The van der Waals surface area contributed by atoms with Crippen molar-refractivity contribution in [3.05, 3.63) is 34.6 Å². The first kappa shape index (κ1) is 22.4. The first-order valence-corrected chi connectivity index (χ1v) is 9.97. The van der Waals surface area contributed by atoms with E-state index < -0.39 is 16.8 Å². The lowest BCUT2D eigenvalue weighted by atomic mass is 9.90. The maximum atomic E-state index is 12.9. The van der Waals surface area contributed by atoms with Crippen molar-refractivity contribution in [2.45, 2.75) is 50.2 Å². The Morgan fingerprint density at radius 3 is 2.59 bits per heavy atom. The van der Waals surface area contributed by atoms with Gasteiger partial charge >= 0.3 is 5.97 Å². The van der Waals surface area contributed by atoms with Crippen molar-refractivity contribution in [3.63, 3.8) is 0 Å². The number of carbonyl (C=O) groups is 2. The predicted molar refractivity (Wildman–Crippen MR) is 110 cm³/mol. The largest absolute Gasteiger partial charge is 0.468 e. The number of thioether (sulfide) groups is 1. The Bertz CT molecular complexity index is 1030. The van der Waals surface area contributed by atoms with Gasteiger partial charge < -0.3 is 10.1 Å². The molecule has 1 heterocycles. The molecule has 29 heavy (non-hydrogen) atoms. The molecule has 0 spiro atoms. The van der Waals surface area contributed by atoms with Crippen molar-refractivity contribution >= 4 is 34.5 Å². The lowest BCUT2D eigenvalue weighted by Crippen LogP contribution is -2.51. The standard InChI is InChI=1S/C20H24N4O4S/c1-12(2)20(4,11-21)23-17(26)13(3)29-19-22-15-9-7-6-8-14(15)18(27)24(19)10-16(25)28-5/h6-9,12-13H,10H2,1-5H3,(H,23,26). The van der Waals surface area contributed by atoms with Crippen LogP contribution < -0.4 is 10.9 Å². The zero-order valence-electron chi connectivity index (χ0n) is 17.1. The van der Waals surface area contributed by atoms with E-state index in [0.717, 1.165) is 11.8 Å². The van der Waals surface area contributed by atoms with Crippen LogP contribution in [0.5, 0.6) is 0 Å². The summed E-state index contributed by atoms with van der Waals surface area (Å²) < 4.78 is 5.89. The van der Waals surface area contributed by atoms with Crippen LogP contribution in [0, 0.1) is 17.2 Å². The van der Waals surface area contributed by atoms with E-state index in [1.807, 2.05) is 13.8 Å². The zero-order chi connectivity index (χ0) is 21.8. The third kappa shape index (κ3) is 4.95. The van der Waals surface area contributed by atoms with E-state index in [1.165, 1.54) is 11.7 Å². The van der Waals surface area contributed by atoms with E-state index in [4.69, 9.17) is 0 Å². The minimum Gasteiger partial charge on any atom is -0.468 e. The number of rotatable bonds is 7. The van der Waals surface area contributed by atoms with Crippen LogP contribution in [0.15, 0.2) is 34.2 Å². The molecule has 154 valence electrons. The Morgan fingerprint density at radius 2 is 2.00 bits per heavy atom. The average molecular weight is 417 g/mol. The maximum absolute atomic E-state index is 12.9. The Labute approximate surface area is 173 Å². The summed E-state index contributed by atoms with van der Waals surface area (Å²) >= 11 is 1.05. The molecule has 8 nitrogen and oxygen atoms in total. The number of methoxy groups -OCH3 is 1. The Balaban J connectivity index is 2.40. The van der Waals surface area contributed by atoms with Crippen molar-refractivity contribution in [2.24, 2.45) is 5.92 Å². The predicted octanol–water partition coefficient (Wildman–Crippen LogP) is 2.10. The molecule has 1 amide bonds. The molecule has 0 aliphatic rings. The highest BCUT2D eigenvalue weighted by Gasteiger charge is 2.32. The fourth-order valence-corrected chi connectivity index (χ4v) is 3.35. The summed E-state index contributed by atoms with van der Waals surface area (Å²) in [6.45, 7) is 6.70. The molecular formula is C20H24N4O4S. The van der Waals surface area contributed by atoms with Crippen molar-refractivity contribution < 1.29 is 14.3 Å². The van der Waals surface area contributed by atoms with Crippen molar-refractivity contribution in [1.82, 2.24) is 14.9 Å². The topological polar surface area (TPSA) is 114 Å². The van der Waals surface area contributed by atoms with Gasteiger partial charge in [-0.1, -0.05) is 37.7 Å². The first-order valence-electron chi connectivity index (χ1n) is 9.09. The summed E-state index contributed by atoms with van der Waals surface area (Å²) in [6.07, 6.45) is 0. The van der Waals surface area contributed by atoms with Crippen LogP contribution in [0.1, 0.15) is 27.7 Å². The molecule has 1 aromatic carbocycles. The normalized spacial score (nSPS) is 14.1. The van der Waals surface area contributed by atoms with E-state index in [0.29, 0.717) is 10.9 Å². The lowest BCUT2D eigenvalue weighted by molar-refractivity contribution is -0.141. The van der Waals surface area contributed by atoms with E-state index in [9.17, 15) is 19.6 Å². The molecule has 9 heteroatoms. The van der Waals surface area contributed by atoms with E-state index >= 15 is 0 Å². The Morgan fingerprint density at radius 1 is 1.34 bits per heavy atom. The summed E-state index contributed by atoms with van der Waals surface area (Å²) in [5, 5.41) is 12.1. The molecular weight excluding hydrogens is 392 g/mol. The lowest BCUT2D eigenvalue weighted by Gasteiger charge is -2.28. The number of carbonyl (C=O) groups excluding carboxylic acids is 2. The number of esters is 1. The monoisotopic (exact) mass is 416 g/mol. The second kappa shape index (κ2) is 9.09. The molecule has 0 aliphatic heterocycles. The molecule has 0 fully saturated rings. The number of hydrogen-bond acceptors (Lipinski definition) is 7. The van der Waals surface area contributed by atoms with Gasteiger partial charge in [0.15, 0.2) is 5.16 Å². The van der Waals surface area contributed by atoms with Gasteiger partial charge in [0.25, 0.3) is 5.56 Å². The minimum absolute atomic E-state index is 0.0926. The molecule has 0 aliphatic carbocycles. The van der Waals surface area contributed by atoms with Crippen LogP contribution in [0.25, 0.3) is 10.9 Å². The molecule has 2 unspecified atom stereocenters. The van der Waals surface area contributed by atoms with Crippen LogP contribution in [0.4, 0.5) is 0 Å². The molecule has 2 aromatic rings. The van der Waals surface area contributed by atoms with E-state index in [-0.39, 0.29) is 29.1 Å². The van der Waals surface area contributed by atoms with Crippen molar-refractivity contribution in [1.29, 1.82) is 5.26 Å². The maximum Gasteiger partial charge on any atom is 0.325 e. The number of nitrogens with zero attached hydrogens (tertiary/aromatic N) is 3. The molecule has 2 rings (SSSR count). The number of amides is 1. The van der Waals surface area contributed by atoms with E-state index in [2.05, 4.69) is 21.1 Å². The van der Waals surface area contributed by atoms with Gasteiger partial charge in [-0.2, -0.15) is 5.26 Å². The van der Waals surface area contributed by atoms with Crippen LogP contribution in [-0.2, 0) is 20.9 Å². The van der Waals surface area contributed by atoms with Crippen LogP contribution in [0.3, 0.4) is 0 Å². The van der Waals surface area contributed by atoms with Crippen LogP contribution in [-0.4, -0.2) is 39.3 Å². The van der Waals surface area contributed by atoms with Gasteiger partial charge in [-0.3, -0.25) is 19.0 Å². The highest BCUT2D eigenvalue weighted by molar-refractivity contribution is 8.00. The molecule has 2 atom stereocenters. The van der Waals surface area contributed by atoms with Gasteiger partial charge in [-0.05, 0) is 31.9 Å². The summed E-state index contributed by atoms with van der Waals surface area (Å²) in [6, 6.07) is 8.92. The molecule has 0 radical (unpaired) electrons. The third-order valence-electron chi connectivity index (χ3n) is 4.76. The molecule has 0 saturated heterocycles. The van der Waals surface area contributed by atoms with Crippen LogP contribution >= 0.6 is 11.8 Å². The number of ether oxygens (including phenoxy) is 1. The molecule has 1 N–H and O–H groups in total. The number of nitriles is 1. The third-order valence-corrected chi connectivity index (χ3v) is 5.85. The first-order chi connectivity index (χ1) is 13.6. The highest BCUT2D eigenvalue weighted by atomic mass is 32.2. The zero-order valence-corrected chi connectivity index (χ0v) is 17.9. The SMILES string of the molecule is COC(=O)Cn1c(SC(C)C(=O)NC(C)(C#N)C(C)C)nc2ccccc2c1=O. The molecule has 1 aromatic heterocycles. The van der Waals surface area contributed by atoms with Gasteiger partial charge in [-0.15, -0.1) is 0 Å². The minimum atomic E-state index is -1.02. The quantitative estimate of drug-likeness (QED) is 0.418. The number of aromatic nitrogens is 2. The van der Waals surface area contributed by atoms with Gasteiger partial charge in [0.05, 0.1) is 29.3 Å². The average Bonchev–Trinajstić information content (AvgIpc) is 2.70. The number of nitrogens with one attached hydrogen (secondary N) is 1. The van der Waals surface area contributed by atoms with Gasteiger partial charge in [0, 0.05) is 0 Å². The highest BCUT2D eigenvalue weighted by Crippen LogP contribution is 2.24. The number of para-hydroxylation sites is 1. The van der Waals surface area contributed by atoms with Crippen molar-refractivity contribution in [3.8, 4) is 6.07 Å². The molecule has 0 saturated carbocycles. The number of hydrogen-bond donors (Lipinski definition) is 1. The van der Waals surface area contributed by atoms with E-state index in [1.54, 1.807) is 38.1 Å². The summed E-state index contributed by atoms with van der Waals surface area (Å²) in [5.41, 5.74) is -0.938. The van der Waals surface area contributed by atoms with Crippen molar-refractivity contribution in [2.75, 3.05) is 7.11 Å².